The normalized spacial score (nSPS) is 21.0. The van der Waals surface area contributed by atoms with Crippen LogP contribution in [0.2, 0.25) is 0 Å². The minimum absolute atomic E-state index is 0.227. The minimum Gasteiger partial charge on any atom is -0.392 e. The van der Waals surface area contributed by atoms with Crippen molar-refractivity contribution in [1.82, 2.24) is 9.88 Å². The van der Waals surface area contributed by atoms with Gasteiger partial charge in [-0.05, 0) is 50.6 Å². The molecule has 22 heavy (non-hydrogen) atoms. The maximum atomic E-state index is 13.0. The third-order valence-electron chi connectivity index (χ3n) is 4.23. The third kappa shape index (κ3) is 3.54. The van der Waals surface area contributed by atoms with Crippen LogP contribution < -0.4 is 0 Å². The highest BCUT2D eigenvalue weighted by Gasteiger charge is 2.26. The van der Waals surface area contributed by atoms with Crippen molar-refractivity contribution < 1.29 is 9.50 Å². The molecular formula is C17H21FN2OS. The molecule has 2 atom stereocenters. The molecule has 1 aliphatic heterocycles. The molecule has 0 amide bonds. The maximum Gasteiger partial charge on any atom is 0.123 e. The number of halogens is 1. The number of benzene rings is 1. The molecule has 2 heterocycles. The standard InChI is InChI=1S/C17H21FN2OS/c1-12(21)16-4-2-3-9-20(16)10-15-11-22-17(19-15)13-5-7-14(18)8-6-13/h5-8,11-12,16,21H,2-4,9-10H2,1H3. The quantitative estimate of drug-likeness (QED) is 0.933. The van der Waals surface area contributed by atoms with E-state index < -0.39 is 0 Å². The van der Waals surface area contributed by atoms with Gasteiger partial charge in [-0.1, -0.05) is 6.42 Å². The van der Waals surface area contributed by atoms with Crippen LogP contribution in [0.1, 0.15) is 31.9 Å². The van der Waals surface area contributed by atoms with E-state index in [1.54, 1.807) is 23.5 Å². The first-order valence-corrected chi connectivity index (χ1v) is 8.64. The van der Waals surface area contributed by atoms with Gasteiger partial charge in [-0.3, -0.25) is 4.90 Å². The molecule has 0 aliphatic carbocycles. The number of piperidine rings is 1. The average molecular weight is 320 g/mol. The Bertz CT molecular complexity index is 611. The predicted octanol–water partition coefficient (Wildman–Crippen LogP) is 3.68. The molecule has 1 N–H and O–H groups in total. The van der Waals surface area contributed by atoms with E-state index in [0.29, 0.717) is 0 Å². The van der Waals surface area contributed by atoms with Crippen LogP contribution in [-0.2, 0) is 6.54 Å². The molecule has 1 aromatic carbocycles. The number of thiazole rings is 1. The highest BCUT2D eigenvalue weighted by atomic mass is 32.1. The largest absolute Gasteiger partial charge is 0.392 e. The second-order valence-corrected chi connectivity index (χ2v) is 6.78. The van der Waals surface area contributed by atoms with E-state index in [-0.39, 0.29) is 18.0 Å². The van der Waals surface area contributed by atoms with Crippen LogP contribution in [0.5, 0.6) is 0 Å². The minimum atomic E-state index is -0.310. The van der Waals surface area contributed by atoms with Crippen molar-refractivity contribution in [2.24, 2.45) is 0 Å². The molecule has 0 bridgehead atoms. The topological polar surface area (TPSA) is 36.4 Å². The van der Waals surface area contributed by atoms with Crippen LogP contribution in [0.15, 0.2) is 29.6 Å². The molecule has 2 aromatic rings. The first-order valence-electron chi connectivity index (χ1n) is 7.76. The fourth-order valence-corrected chi connectivity index (χ4v) is 3.89. The second-order valence-electron chi connectivity index (χ2n) is 5.93. The summed E-state index contributed by atoms with van der Waals surface area (Å²) in [5.74, 6) is -0.228. The number of nitrogens with zero attached hydrogens (tertiary/aromatic N) is 2. The molecule has 118 valence electrons. The molecule has 0 spiro atoms. The van der Waals surface area contributed by atoms with Gasteiger partial charge < -0.3 is 5.11 Å². The highest BCUT2D eigenvalue weighted by Crippen LogP contribution is 2.26. The van der Waals surface area contributed by atoms with Crippen LogP contribution in [0, 0.1) is 5.82 Å². The summed E-state index contributed by atoms with van der Waals surface area (Å²) in [7, 11) is 0. The van der Waals surface area contributed by atoms with Gasteiger partial charge in [-0.15, -0.1) is 11.3 Å². The third-order valence-corrected chi connectivity index (χ3v) is 5.17. The Hall–Kier alpha value is -1.30. The van der Waals surface area contributed by atoms with Crippen molar-refractivity contribution in [2.75, 3.05) is 6.54 Å². The van der Waals surface area contributed by atoms with Gasteiger partial charge in [-0.2, -0.15) is 0 Å². The fraction of sp³-hybridized carbons (Fsp3) is 0.471. The van der Waals surface area contributed by atoms with Gasteiger partial charge in [-0.25, -0.2) is 9.37 Å². The van der Waals surface area contributed by atoms with Crippen molar-refractivity contribution in [3.63, 3.8) is 0 Å². The summed E-state index contributed by atoms with van der Waals surface area (Å²) in [4.78, 5) is 7.00. The Morgan fingerprint density at radius 1 is 1.36 bits per heavy atom. The van der Waals surface area contributed by atoms with Gasteiger partial charge in [0.05, 0.1) is 11.8 Å². The molecule has 1 fully saturated rings. The Morgan fingerprint density at radius 3 is 2.86 bits per heavy atom. The van der Waals surface area contributed by atoms with Crippen molar-refractivity contribution in [1.29, 1.82) is 0 Å². The number of aromatic nitrogens is 1. The molecular weight excluding hydrogens is 299 g/mol. The lowest BCUT2D eigenvalue weighted by atomic mass is 9.98. The van der Waals surface area contributed by atoms with E-state index in [1.807, 2.05) is 6.92 Å². The van der Waals surface area contributed by atoms with Crippen molar-refractivity contribution in [3.05, 3.63) is 41.2 Å². The van der Waals surface area contributed by atoms with E-state index in [9.17, 15) is 9.50 Å². The number of aliphatic hydroxyl groups excluding tert-OH is 1. The maximum absolute atomic E-state index is 13.0. The molecule has 0 radical (unpaired) electrons. The van der Waals surface area contributed by atoms with Gasteiger partial charge in [0.25, 0.3) is 0 Å². The molecule has 0 saturated carbocycles. The lowest BCUT2D eigenvalue weighted by Crippen LogP contribution is -2.45. The SMILES string of the molecule is CC(O)C1CCCCN1Cc1csc(-c2ccc(F)cc2)n1. The summed E-state index contributed by atoms with van der Waals surface area (Å²) in [6.07, 6.45) is 3.10. The molecule has 5 heteroatoms. The summed E-state index contributed by atoms with van der Waals surface area (Å²) in [5.41, 5.74) is 1.97. The van der Waals surface area contributed by atoms with Crippen LogP contribution in [0.25, 0.3) is 10.6 Å². The van der Waals surface area contributed by atoms with Crippen molar-refractivity contribution >= 4 is 11.3 Å². The highest BCUT2D eigenvalue weighted by molar-refractivity contribution is 7.13. The van der Waals surface area contributed by atoms with Crippen LogP contribution >= 0.6 is 11.3 Å². The fourth-order valence-electron chi connectivity index (χ4n) is 3.07. The van der Waals surface area contributed by atoms with E-state index >= 15 is 0 Å². The molecule has 3 nitrogen and oxygen atoms in total. The lowest BCUT2D eigenvalue weighted by Gasteiger charge is -2.36. The zero-order valence-corrected chi connectivity index (χ0v) is 13.5. The summed E-state index contributed by atoms with van der Waals surface area (Å²) in [6, 6.07) is 6.67. The summed E-state index contributed by atoms with van der Waals surface area (Å²) in [6.45, 7) is 3.65. The Morgan fingerprint density at radius 2 is 2.14 bits per heavy atom. The van der Waals surface area contributed by atoms with Gasteiger partial charge in [0.15, 0.2) is 0 Å². The number of hydrogen-bond donors (Lipinski definition) is 1. The van der Waals surface area contributed by atoms with E-state index in [2.05, 4.69) is 15.3 Å². The molecule has 1 saturated heterocycles. The molecule has 3 rings (SSSR count). The Labute approximate surface area is 134 Å². The zero-order valence-electron chi connectivity index (χ0n) is 12.7. The van der Waals surface area contributed by atoms with Gasteiger partial charge >= 0.3 is 0 Å². The van der Waals surface area contributed by atoms with Crippen molar-refractivity contribution in [2.45, 2.75) is 44.9 Å². The summed E-state index contributed by atoms with van der Waals surface area (Å²) in [5, 5.41) is 12.9. The van der Waals surface area contributed by atoms with Gasteiger partial charge in [0.2, 0.25) is 0 Å². The molecule has 1 aliphatic rings. The number of aliphatic hydroxyl groups is 1. The Kier molecular flexibility index (Phi) is 4.86. The van der Waals surface area contributed by atoms with Crippen LogP contribution in [0.3, 0.4) is 0 Å². The van der Waals surface area contributed by atoms with Crippen LogP contribution in [-0.4, -0.2) is 33.7 Å². The number of hydrogen-bond acceptors (Lipinski definition) is 4. The number of rotatable bonds is 4. The van der Waals surface area contributed by atoms with E-state index in [4.69, 9.17) is 0 Å². The monoisotopic (exact) mass is 320 g/mol. The molecule has 2 unspecified atom stereocenters. The van der Waals surface area contributed by atoms with Gasteiger partial charge in [0.1, 0.15) is 10.8 Å². The number of likely N-dealkylation sites (tertiary alicyclic amines) is 1. The van der Waals surface area contributed by atoms with Crippen LogP contribution in [0.4, 0.5) is 4.39 Å². The van der Waals surface area contributed by atoms with Crippen molar-refractivity contribution in [3.8, 4) is 10.6 Å². The first kappa shape index (κ1) is 15.6. The van der Waals surface area contributed by atoms with E-state index in [1.165, 1.54) is 25.0 Å². The Balaban J connectivity index is 1.72. The molecule has 1 aromatic heterocycles. The zero-order chi connectivity index (χ0) is 15.5. The summed E-state index contributed by atoms with van der Waals surface area (Å²) < 4.78 is 13.0. The summed E-state index contributed by atoms with van der Waals surface area (Å²) >= 11 is 1.58. The average Bonchev–Trinajstić information content (AvgIpc) is 2.97. The van der Waals surface area contributed by atoms with Gasteiger partial charge in [0, 0.05) is 23.5 Å². The predicted molar refractivity (Wildman–Crippen MR) is 87.2 cm³/mol. The smallest absolute Gasteiger partial charge is 0.123 e. The lowest BCUT2D eigenvalue weighted by molar-refractivity contribution is 0.0311. The second kappa shape index (κ2) is 6.86. The first-order chi connectivity index (χ1) is 10.6. The van der Waals surface area contributed by atoms with E-state index in [0.717, 1.165) is 35.8 Å².